The van der Waals surface area contributed by atoms with Crippen molar-refractivity contribution in [2.45, 2.75) is 23.8 Å². The van der Waals surface area contributed by atoms with E-state index in [-0.39, 0.29) is 16.8 Å². The molecule has 1 atom stereocenters. The molecular formula is C19H22N2O4S. The first-order chi connectivity index (χ1) is 12.4. The molecule has 0 bridgehead atoms. The van der Waals surface area contributed by atoms with E-state index in [0.29, 0.717) is 11.5 Å². The van der Waals surface area contributed by atoms with E-state index < -0.39 is 10.0 Å². The highest BCUT2D eigenvalue weighted by Crippen LogP contribution is 2.41. The number of methoxy groups -OCH3 is 1. The zero-order valence-corrected chi connectivity index (χ0v) is 15.5. The average Bonchev–Trinajstić information content (AvgIpc) is 3.51. The summed E-state index contributed by atoms with van der Waals surface area (Å²) in [6.45, 7) is 0. The molecule has 1 unspecified atom stereocenters. The van der Waals surface area contributed by atoms with Gasteiger partial charge in [-0.25, -0.2) is 13.1 Å². The molecule has 3 rings (SSSR count). The van der Waals surface area contributed by atoms with Crippen LogP contribution >= 0.6 is 0 Å². The summed E-state index contributed by atoms with van der Waals surface area (Å²) in [6, 6.07) is 13.5. The van der Waals surface area contributed by atoms with Gasteiger partial charge in [0.1, 0.15) is 5.75 Å². The molecule has 138 valence electrons. The van der Waals surface area contributed by atoms with Crippen LogP contribution in [-0.2, 0) is 10.0 Å². The van der Waals surface area contributed by atoms with Gasteiger partial charge in [-0.15, -0.1) is 0 Å². The minimum atomic E-state index is -3.51. The Morgan fingerprint density at radius 3 is 2.19 bits per heavy atom. The lowest BCUT2D eigenvalue weighted by atomic mass is 10.0. The van der Waals surface area contributed by atoms with Gasteiger partial charge in [-0.05, 0) is 67.8 Å². The van der Waals surface area contributed by atoms with Crippen molar-refractivity contribution in [2.24, 2.45) is 5.92 Å². The van der Waals surface area contributed by atoms with Gasteiger partial charge in [0.05, 0.1) is 18.0 Å². The van der Waals surface area contributed by atoms with E-state index in [0.717, 1.165) is 24.2 Å². The van der Waals surface area contributed by atoms with Crippen LogP contribution in [0.15, 0.2) is 53.4 Å². The van der Waals surface area contributed by atoms with E-state index in [9.17, 15) is 13.2 Å². The van der Waals surface area contributed by atoms with Gasteiger partial charge in [0.2, 0.25) is 10.0 Å². The minimum Gasteiger partial charge on any atom is -0.497 e. The summed E-state index contributed by atoms with van der Waals surface area (Å²) < 4.78 is 31.0. The Hall–Kier alpha value is -2.38. The van der Waals surface area contributed by atoms with Crippen molar-refractivity contribution in [2.75, 3.05) is 14.2 Å². The molecule has 6 nitrogen and oxygen atoms in total. The van der Waals surface area contributed by atoms with Gasteiger partial charge in [0, 0.05) is 5.56 Å². The van der Waals surface area contributed by atoms with Crippen LogP contribution in [0.5, 0.6) is 5.75 Å². The number of rotatable bonds is 7. The monoisotopic (exact) mass is 374 g/mol. The van der Waals surface area contributed by atoms with Crippen LogP contribution < -0.4 is 14.8 Å². The zero-order valence-electron chi connectivity index (χ0n) is 14.7. The quantitative estimate of drug-likeness (QED) is 0.780. The molecule has 0 spiro atoms. The number of hydrogen-bond acceptors (Lipinski definition) is 4. The number of carbonyl (C=O) groups excluding carboxylic acids is 1. The van der Waals surface area contributed by atoms with Crippen molar-refractivity contribution in [1.82, 2.24) is 10.0 Å². The third-order valence-corrected chi connectivity index (χ3v) is 5.98. The molecule has 0 saturated heterocycles. The maximum Gasteiger partial charge on any atom is 0.251 e. The molecule has 1 amide bonds. The molecule has 2 N–H and O–H groups in total. The minimum absolute atomic E-state index is 0.0610. The Bertz CT molecular complexity index is 873. The summed E-state index contributed by atoms with van der Waals surface area (Å²) >= 11 is 0. The lowest BCUT2D eigenvalue weighted by molar-refractivity contribution is 0.0931. The molecule has 2 aromatic carbocycles. The largest absolute Gasteiger partial charge is 0.497 e. The van der Waals surface area contributed by atoms with E-state index in [1.165, 1.54) is 31.3 Å². The van der Waals surface area contributed by atoms with Crippen LogP contribution in [0, 0.1) is 5.92 Å². The highest BCUT2D eigenvalue weighted by molar-refractivity contribution is 7.89. The molecule has 0 radical (unpaired) electrons. The van der Waals surface area contributed by atoms with Crippen molar-refractivity contribution >= 4 is 15.9 Å². The molecule has 0 aliphatic heterocycles. The summed E-state index contributed by atoms with van der Waals surface area (Å²) in [4.78, 5) is 12.7. The van der Waals surface area contributed by atoms with Gasteiger partial charge in [-0.3, -0.25) is 4.79 Å². The Morgan fingerprint density at radius 2 is 1.69 bits per heavy atom. The maximum absolute atomic E-state index is 12.6. The van der Waals surface area contributed by atoms with Crippen molar-refractivity contribution in [3.05, 3.63) is 59.7 Å². The van der Waals surface area contributed by atoms with Crippen LogP contribution in [0.4, 0.5) is 0 Å². The van der Waals surface area contributed by atoms with E-state index >= 15 is 0 Å². The lowest BCUT2D eigenvalue weighted by Crippen LogP contribution is -2.30. The maximum atomic E-state index is 12.6. The molecule has 26 heavy (non-hydrogen) atoms. The van der Waals surface area contributed by atoms with Gasteiger partial charge in [-0.1, -0.05) is 12.1 Å². The molecule has 1 aliphatic rings. The number of benzene rings is 2. The second-order valence-corrected chi connectivity index (χ2v) is 8.18. The van der Waals surface area contributed by atoms with E-state index in [1.54, 1.807) is 7.11 Å². The van der Waals surface area contributed by atoms with Crippen LogP contribution in [0.25, 0.3) is 0 Å². The third kappa shape index (κ3) is 4.05. The standard InChI is InChI=1S/C19H22N2O4S/c1-20-26(23,24)17-11-7-15(8-12-17)19(22)21-18(13-3-4-13)14-5-9-16(25-2)10-6-14/h5-13,18,20H,3-4H2,1-2H3,(H,21,22). The Labute approximate surface area is 153 Å². The van der Waals surface area contributed by atoms with Crippen LogP contribution in [0.2, 0.25) is 0 Å². The number of ether oxygens (including phenoxy) is 1. The first-order valence-corrected chi connectivity index (χ1v) is 9.91. The second-order valence-electron chi connectivity index (χ2n) is 6.29. The zero-order chi connectivity index (χ0) is 18.7. The molecule has 1 fully saturated rings. The van der Waals surface area contributed by atoms with Crippen molar-refractivity contribution < 1.29 is 17.9 Å². The van der Waals surface area contributed by atoms with Crippen molar-refractivity contribution in [3.8, 4) is 5.75 Å². The molecule has 1 saturated carbocycles. The van der Waals surface area contributed by atoms with Gasteiger partial charge in [-0.2, -0.15) is 0 Å². The van der Waals surface area contributed by atoms with Crippen LogP contribution in [0.3, 0.4) is 0 Å². The lowest BCUT2D eigenvalue weighted by Gasteiger charge is -2.19. The summed E-state index contributed by atoms with van der Waals surface area (Å²) in [5, 5.41) is 3.08. The number of sulfonamides is 1. The molecule has 1 aliphatic carbocycles. The van der Waals surface area contributed by atoms with Crippen molar-refractivity contribution in [1.29, 1.82) is 0 Å². The Kier molecular flexibility index (Phi) is 5.29. The van der Waals surface area contributed by atoms with Gasteiger partial charge in [0.15, 0.2) is 0 Å². The normalized spacial score (nSPS) is 15.3. The van der Waals surface area contributed by atoms with Crippen LogP contribution in [-0.4, -0.2) is 28.5 Å². The molecule has 7 heteroatoms. The first-order valence-electron chi connectivity index (χ1n) is 8.43. The highest BCUT2D eigenvalue weighted by atomic mass is 32.2. The van der Waals surface area contributed by atoms with Crippen LogP contribution in [0.1, 0.15) is 34.8 Å². The van der Waals surface area contributed by atoms with Gasteiger partial charge in [0.25, 0.3) is 5.91 Å². The predicted molar refractivity (Wildman–Crippen MR) is 98.6 cm³/mol. The summed E-state index contributed by atoms with van der Waals surface area (Å²) in [5.41, 5.74) is 1.47. The van der Waals surface area contributed by atoms with E-state index in [4.69, 9.17) is 4.74 Å². The number of amides is 1. The molecule has 0 aromatic heterocycles. The SMILES string of the molecule is CNS(=O)(=O)c1ccc(C(=O)NC(c2ccc(OC)cc2)C2CC2)cc1. The fourth-order valence-electron chi connectivity index (χ4n) is 2.84. The Morgan fingerprint density at radius 1 is 1.08 bits per heavy atom. The molecule has 2 aromatic rings. The summed E-state index contributed by atoms with van der Waals surface area (Å²) in [6.07, 6.45) is 2.16. The third-order valence-electron chi connectivity index (χ3n) is 4.55. The molecular weight excluding hydrogens is 352 g/mol. The van der Waals surface area contributed by atoms with Crippen molar-refractivity contribution in [3.63, 3.8) is 0 Å². The summed E-state index contributed by atoms with van der Waals surface area (Å²) in [7, 11) is -0.540. The smallest absolute Gasteiger partial charge is 0.251 e. The number of hydrogen-bond donors (Lipinski definition) is 2. The predicted octanol–water partition coefficient (Wildman–Crippen LogP) is 2.48. The number of nitrogens with one attached hydrogen (secondary N) is 2. The first kappa shape index (κ1) is 18.4. The van der Waals surface area contributed by atoms with Gasteiger partial charge < -0.3 is 10.1 Å². The topological polar surface area (TPSA) is 84.5 Å². The molecule has 0 heterocycles. The summed E-state index contributed by atoms with van der Waals surface area (Å²) in [5.74, 6) is 0.985. The Balaban J connectivity index is 1.76. The average molecular weight is 374 g/mol. The fourth-order valence-corrected chi connectivity index (χ4v) is 3.57. The van der Waals surface area contributed by atoms with E-state index in [1.807, 2.05) is 24.3 Å². The number of carbonyl (C=O) groups is 1. The fraction of sp³-hybridized carbons (Fsp3) is 0.316. The van der Waals surface area contributed by atoms with E-state index in [2.05, 4.69) is 10.0 Å². The highest BCUT2D eigenvalue weighted by Gasteiger charge is 2.33. The second kappa shape index (κ2) is 7.47. The van der Waals surface area contributed by atoms with Gasteiger partial charge >= 0.3 is 0 Å².